The Bertz CT molecular complexity index is 1010. The maximum absolute atomic E-state index is 13.5. The van der Waals surface area contributed by atoms with E-state index in [4.69, 9.17) is 9.47 Å². The fourth-order valence-electron chi connectivity index (χ4n) is 3.73. The van der Waals surface area contributed by atoms with Crippen LogP contribution in [0, 0.1) is 0 Å². The van der Waals surface area contributed by atoms with Gasteiger partial charge in [-0.25, -0.2) is 0 Å². The second-order valence-electron chi connectivity index (χ2n) is 8.16. The van der Waals surface area contributed by atoms with Gasteiger partial charge in [0.2, 0.25) is 5.91 Å². The van der Waals surface area contributed by atoms with Crippen LogP contribution in [0.1, 0.15) is 24.5 Å². The van der Waals surface area contributed by atoms with Crippen molar-refractivity contribution in [3.05, 3.63) is 102 Å². The van der Waals surface area contributed by atoms with Gasteiger partial charge in [-0.15, -0.1) is 0 Å². The van der Waals surface area contributed by atoms with E-state index in [1.54, 1.807) is 17.0 Å². The Labute approximate surface area is 207 Å². The van der Waals surface area contributed by atoms with Gasteiger partial charge in [0, 0.05) is 32.7 Å². The summed E-state index contributed by atoms with van der Waals surface area (Å²) in [5.74, 6) is 0.179. The Balaban J connectivity index is 1.81. The summed E-state index contributed by atoms with van der Waals surface area (Å²) in [6.45, 7) is 3.81. The number of para-hydroxylation sites is 1. The predicted molar refractivity (Wildman–Crippen MR) is 137 cm³/mol. The smallest absolute Gasteiger partial charge is 0.261 e. The van der Waals surface area contributed by atoms with Crippen molar-refractivity contribution in [1.82, 2.24) is 10.2 Å². The van der Waals surface area contributed by atoms with Crippen LogP contribution < -0.4 is 10.1 Å². The van der Waals surface area contributed by atoms with Crippen molar-refractivity contribution in [2.75, 3.05) is 26.4 Å². The minimum atomic E-state index is -0.684. The summed E-state index contributed by atoms with van der Waals surface area (Å²) in [6.07, 6.45) is 1.11. The lowest BCUT2D eigenvalue weighted by molar-refractivity contribution is -0.142. The van der Waals surface area contributed by atoms with Crippen molar-refractivity contribution < 1.29 is 19.1 Å². The molecule has 1 N–H and O–H groups in total. The van der Waals surface area contributed by atoms with Crippen molar-refractivity contribution in [1.29, 1.82) is 0 Å². The average Bonchev–Trinajstić information content (AvgIpc) is 2.91. The number of carbonyl (C=O) groups is 2. The molecule has 3 aromatic rings. The molecule has 0 spiro atoms. The highest BCUT2D eigenvalue weighted by molar-refractivity contribution is 5.88. The molecule has 0 saturated heterocycles. The number of hydrogen-bond acceptors (Lipinski definition) is 4. The molecule has 0 aromatic heterocycles. The molecule has 0 heterocycles. The molecule has 0 aliphatic rings. The number of ether oxygens (including phenoxy) is 2. The first-order valence-corrected chi connectivity index (χ1v) is 12.1. The van der Waals surface area contributed by atoms with Crippen molar-refractivity contribution in [2.24, 2.45) is 0 Å². The van der Waals surface area contributed by atoms with Crippen LogP contribution in [-0.2, 0) is 27.3 Å². The Morgan fingerprint density at radius 2 is 1.46 bits per heavy atom. The van der Waals surface area contributed by atoms with Crippen LogP contribution in [0.5, 0.6) is 5.75 Å². The highest BCUT2D eigenvalue weighted by Crippen LogP contribution is 2.16. The molecule has 0 fully saturated rings. The second-order valence-corrected chi connectivity index (χ2v) is 8.16. The van der Waals surface area contributed by atoms with Gasteiger partial charge in [-0.2, -0.15) is 0 Å². The number of benzene rings is 3. The van der Waals surface area contributed by atoms with E-state index in [2.05, 4.69) is 5.32 Å². The molecule has 1 unspecified atom stereocenters. The zero-order chi connectivity index (χ0) is 24.7. The molecule has 0 radical (unpaired) electrons. The number of hydrogen-bond donors (Lipinski definition) is 1. The Morgan fingerprint density at radius 3 is 2.09 bits per heavy atom. The van der Waals surface area contributed by atoms with Gasteiger partial charge in [0.15, 0.2) is 6.61 Å². The Kier molecular flexibility index (Phi) is 10.8. The number of nitrogens with one attached hydrogen (secondary N) is 1. The molecule has 35 heavy (non-hydrogen) atoms. The summed E-state index contributed by atoms with van der Waals surface area (Å²) in [5.41, 5.74) is 1.93. The zero-order valence-corrected chi connectivity index (χ0v) is 20.3. The highest BCUT2D eigenvalue weighted by atomic mass is 16.5. The fourth-order valence-corrected chi connectivity index (χ4v) is 3.73. The van der Waals surface area contributed by atoms with Gasteiger partial charge in [0.1, 0.15) is 11.8 Å². The minimum Gasteiger partial charge on any atom is -0.484 e. The van der Waals surface area contributed by atoms with Crippen LogP contribution in [0.3, 0.4) is 0 Å². The SMILES string of the molecule is CCOCCCNC(=O)C(Cc1ccccc1)N(Cc1ccccc1)C(=O)COc1ccccc1. The first-order valence-electron chi connectivity index (χ1n) is 12.1. The van der Waals surface area contributed by atoms with E-state index in [0.29, 0.717) is 44.9 Å². The van der Waals surface area contributed by atoms with Crippen molar-refractivity contribution in [3.63, 3.8) is 0 Å². The van der Waals surface area contributed by atoms with Crippen LogP contribution >= 0.6 is 0 Å². The van der Waals surface area contributed by atoms with Gasteiger partial charge < -0.3 is 19.7 Å². The molecule has 2 amide bonds. The normalized spacial score (nSPS) is 11.5. The first-order chi connectivity index (χ1) is 17.2. The molecular weight excluding hydrogens is 440 g/mol. The largest absolute Gasteiger partial charge is 0.484 e. The molecule has 3 aromatic carbocycles. The molecule has 6 nitrogen and oxygen atoms in total. The summed E-state index contributed by atoms with van der Waals surface area (Å²) >= 11 is 0. The fraction of sp³-hybridized carbons (Fsp3) is 0.310. The second kappa shape index (κ2) is 14.6. The van der Waals surface area contributed by atoms with E-state index < -0.39 is 6.04 Å². The van der Waals surface area contributed by atoms with E-state index in [1.165, 1.54) is 0 Å². The van der Waals surface area contributed by atoms with Gasteiger partial charge in [0.25, 0.3) is 5.91 Å². The monoisotopic (exact) mass is 474 g/mol. The summed E-state index contributed by atoms with van der Waals surface area (Å²) in [5, 5.41) is 3.00. The average molecular weight is 475 g/mol. The lowest BCUT2D eigenvalue weighted by Crippen LogP contribution is -2.51. The van der Waals surface area contributed by atoms with Gasteiger partial charge in [-0.1, -0.05) is 78.9 Å². The Morgan fingerprint density at radius 1 is 0.857 bits per heavy atom. The molecule has 3 rings (SSSR count). The van der Waals surface area contributed by atoms with E-state index in [1.807, 2.05) is 85.8 Å². The predicted octanol–water partition coefficient (Wildman–Crippen LogP) is 4.25. The summed E-state index contributed by atoms with van der Waals surface area (Å²) in [7, 11) is 0. The number of rotatable bonds is 14. The van der Waals surface area contributed by atoms with Crippen LogP contribution in [0.25, 0.3) is 0 Å². The third-order valence-corrected chi connectivity index (χ3v) is 5.54. The van der Waals surface area contributed by atoms with Crippen molar-refractivity contribution in [2.45, 2.75) is 32.4 Å². The molecule has 0 aliphatic heterocycles. The van der Waals surface area contributed by atoms with Gasteiger partial charge in [-0.3, -0.25) is 9.59 Å². The molecule has 0 bridgehead atoms. The van der Waals surface area contributed by atoms with Crippen LogP contribution in [0.4, 0.5) is 0 Å². The lowest BCUT2D eigenvalue weighted by Gasteiger charge is -2.31. The third-order valence-electron chi connectivity index (χ3n) is 5.54. The molecule has 6 heteroatoms. The summed E-state index contributed by atoms with van der Waals surface area (Å²) in [4.78, 5) is 28.5. The molecule has 0 aliphatic carbocycles. The Hall–Kier alpha value is -3.64. The van der Waals surface area contributed by atoms with E-state index in [-0.39, 0.29) is 18.4 Å². The zero-order valence-electron chi connectivity index (χ0n) is 20.3. The van der Waals surface area contributed by atoms with E-state index in [9.17, 15) is 9.59 Å². The van der Waals surface area contributed by atoms with Gasteiger partial charge in [0.05, 0.1) is 0 Å². The number of nitrogens with zero attached hydrogens (tertiary/aromatic N) is 1. The maximum atomic E-state index is 13.5. The van der Waals surface area contributed by atoms with Crippen molar-refractivity contribution in [3.8, 4) is 5.75 Å². The lowest BCUT2D eigenvalue weighted by atomic mass is 10.0. The third kappa shape index (κ3) is 8.91. The first kappa shape index (κ1) is 26.0. The highest BCUT2D eigenvalue weighted by Gasteiger charge is 2.30. The van der Waals surface area contributed by atoms with Crippen LogP contribution in [-0.4, -0.2) is 49.1 Å². The van der Waals surface area contributed by atoms with Crippen LogP contribution in [0.15, 0.2) is 91.0 Å². The van der Waals surface area contributed by atoms with E-state index in [0.717, 1.165) is 11.1 Å². The molecular formula is C29H34N2O4. The standard InChI is InChI=1S/C29H34N2O4/c1-2-34-20-12-19-30-29(33)27(21-24-13-6-3-7-14-24)31(22-25-15-8-4-9-16-25)28(32)23-35-26-17-10-5-11-18-26/h3-11,13-18,27H,2,12,19-23H2,1H3,(H,30,33). The molecule has 0 saturated carbocycles. The van der Waals surface area contributed by atoms with E-state index >= 15 is 0 Å². The van der Waals surface area contributed by atoms with Crippen LogP contribution in [0.2, 0.25) is 0 Å². The van der Waals surface area contributed by atoms with Crippen molar-refractivity contribution >= 4 is 11.8 Å². The molecule has 1 atom stereocenters. The minimum absolute atomic E-state index is 0.153. The van der Waals surface area contributed by atoms with Gasteiger partial charge >= 0.3 is 0 Å². The van der Waals surface area contributed by atoms with Gasteiger partial charge in [-0.05, 0) is 36.6 Å². The quantitative estimate of drug-likeness (QED) is 0.355. The number of amides is 2. The maximum Gasteiger partial charge on any atom is 0.261 e. The molecule has 184 valence electrons. The number of carbonyl (C=O) groups excluding carboxylic acids is 2. The summed E-state index contributed by atoms with van der Waals surface area (Å²) < 4.78 is 11.1. The summed E-state index contributed by atoms with van der Waals surface area (Å²) in [6, 6.07) is 28.0. The topological polar surface area (TPSA) is 67.9 Å².